The van der Waals surface area contributed by atoms with Crippen molar-refractivity contribution in [1.29, 1.82) is 0 Å². The van der Waals surface area contributed by atoms with Gasteiger partial charge in [-0.1, -0.05) is 97.8 Å². The summed E-state index contributed by atoms with van der Waals surface area (Å²) >= 11 is 0. The van der Waals surface area contributed by atoms with Gasteiger partial charge in [-0.25, -0.2) is 0 Å². The average molecular weight is 569 g/mol. The van der Waals surface area contributed by atoms with Crippen molar-refractivity contribution in [2.75, 3.05) is 26.4 Å². The van der Waals surface area contributed by atoms with Crippen molar-refractivity contribution in [2.24, 2.45) is 5.41 Å². The van der Waals surface area contributed by atoms with Crippen LogP contribution in [-0.2, 0) is 14.4 Å². The summed E-state index contributed by atoms with van der Waals surface area (Å²) in [5.41, 5.74) is -1.11. The molecule has 0 rings (SSSR count). The molecular weight excluding hydrogens is 508 g/mol. The molecule has 0 aliphatic rings. The van der Waals surface area contributed by atoms with Gasteiger partial charge in [0.2, 0.25) is 0 Å². The maximum atomic E-state index is 10.0. The van der Waals surface area contributed by atoms with Crippen molar-refractivity contribution in [1.82, 2.24) is 0 Å². The number of hydrogen-bond donors (Lipinski definition) is 7. The topological polar surface area (TPSA) is 193 Å². The highest BCUT2D eigenvalue weighted by Gasteiger charge is 2.26. The van der Waals surface area contributed by atoms with E-state index in [1.54, 1.807) is 0 Å². The summed E-state index contributed by atoms with van der Waals surface area (Å²) in [6.07, 6.45) is 17.7. The van der Waals surface area contributed by atoms with Gasteiger partial charge in [0.25, 0.3) is 0 Å². The van der Waals surface area contributed by atoms with Gasteiger partial charge in [-0.15, -0.1) is 0 Å². The van der Waals surface area contributed by atoms with Gasteiger partial charge in [-0.3, -0.25) is 14.4 Å². The molecular formula is C29H60O10. The van der Waals surface area contributed by atoms with Crippen LogP contribution in [0.15, 0.2) is 0 Å². The van der Waals surface area contributed by atoms with Crippen LogP contribution < -0.4 is 0 Å². The predicted molar refractivity (Wildman–Crippen MR) is 154 cm³/mol. The fourth-order valence-electron chi connectivity index (χ4n) is 2.94. The van der Waals surface area contributed by atoms with Crippen molar-refractivity contribution >= 4 is 17.9 Å². The van der Waals surface area contributed by atoms with Crippen LogP contribution in [0.25, 0.3) is 0 Å². The number of aliphatic hydroxyl groups excluding tert-OH is 4. The molecule has 0 aromatic carbocycles. The molecule has 10 nitrogen and oxygen atoms in total. The van der Waals surface area contributed by atoms with E-state index in [-0.39, 0.29) is 0 Å². The zero-order valence-electron chi connectivity index (χ0n) is 24.9. The van der Waals surface area contributed by atoms with E-state index < -0.39 is 49.8 Å². The highest BCUT2D eigenvalue weighted by atomic mass is 16.4. The van der Waals surface area contributed by atoms with Crippen LogP contribution in [0.1, 0.15) is 136 Å². The lowest BCUT2D eigenvalue weighted by Gasteiger charge is -2.23. The van der Waals surface area contributed by atoms with Crippen LogP contribution in [0.5, 0.6) is 0 Å². The molecule has 0 fully saturated rings. The smallest absolute Gasteiger partial charge is 0.303 e. The molecule has 0 atom stereocenters. The Morgan fingerprint density at radius 1 is 0.410 bits per heavy atom. The van der Waals surface area contributed by atoms with Crippen molar-refractivity contribution in [3.8, 4) is 0 Å². The monoisotopic (exact) mass is 568 g/mol. The van der Waals surface area contributed by atoms with Crippen LogP contribution in [-0.4, -0.2) is 80.1 Å². The molecule has 0 heterocycles. The Hall–Kier alpha value is -1.75. The molecule has 0 aromatic rings. The molecule has 0 aromatic heterocycles. The van der Waals surface area contributed by atoms with Crippen molar-refractivity contribution in [2.45, 2.75) is 136 Å². The van der Waals surface area contributed by atoms with E-state index in [1.807, 2.05) is 0 Å². The normalized spacial score (nSPS) is 10.2. The summed E-state index contributed by atoms with van der Waals surface area (Å²) in [5, 5.41) is 58.8. The molecule has 7 N–H and O–H groups in total. The first-order valence-corrected chi connectivity index (χ1v) is 14.6. The first kappa shape index (κ1) is 44.3. The minimum atomic E-state index is -1.11. The van der Waals surface area contributed by atoms with Gasteiger partial charge in [0, 0.05) is 19.3 Å². The maximum Gasteiger partial charge on any atom is 0.303 e. The van der Waals surface area contributed by atoms with Gasteiger partial charge >= 0.3 is 17.9 Å². The summed E-state index contributed by atoms with van der Waals surface area (Å²) in [4.78, 5) is 30.1. The number of hydrogen-bond acceptors (Lipinski definition) is 7. The van der Waals surface area contributed by atoms with Crippen molar-refractivity contribution < 1.29 is 50.1 Å². The van der Waals surface area contributed by atoms with Crippen LogP contribution in [0.3, 0.4) is 0 Å². The van der Waals surface area contributed by atoms with E-state index in [1.165, 1.54) is 57.8 Å². The van der Waals surface area contributed by atoms with E-state index >= 15 is 0 Å². The van der Waals surface area contributed by atoms with Crippen molar-refractivity contribution in [3.05, 3.63) is 0 Å². The van der Waals surface area contributed by atoms with Crippen LogP contribution >= 0.6 is 0 Å². The molecule has 0 radical (unpaired) electrons. The largest absolute Gasteiger partial charge is 0.481 e. The van der Waals surface area contributed by atoms with E-state index in [0.717, 1.165) is 38.5 Å². The number of unbranched alkanes of at least 4 members (excludes halogenated alkanes) is 12. The number of carboxylic acid groups (broad SMARTS) is 3. The van der Waals surface area contributed by atoms with Gasteiger partial charge in [0.1, 0.15) is 0 Å². The molecule has 0 aliphatic carbocycles. The lowest BCUT2D eigenvalue weighted by Crippen LogP contribution is -2.37. The fraction of sp³-hybridized carbons (Fsp3) is 0.897. The summed E-state index contributed by atoms with van der Waals surface area (Å²) in [6, 6.07) is 0. The van der Waals surface area contributed by atoms with Gasteiger partial charge in [-0.2, -0.15) is 0 Å². The van der Waals surface area contributed by atoms with Crippen LogP contribution in [0.4, 0.5) is 0 Å². The minimum Gasteiger partial charge on any atom is -0.481 e. The number of carbonyl (C=O) groups is 3. The number of carboxylic acids is 3. The maximum absolute atomic E-state index is 10.0. The van der Waals surface area contributed by atoms with Gasteiger partial charge in [-0.05, 0) is 19.3 Å². The molecule has 0 amide bonds. The molecule has 0 unspecified atom stereocenters. The molecule has 0 bridgehead atoms. The third-order valence-electron chi connectivity index (χ3n) is 5.82. The molecule has 0 spiro atoms. The summed E-state index contributed by atoms with van der Waals surface area (Å²) in [5.74, 6) is -2.01. The number of aliphatic carboxylic acids is 3. The summed E-state index contributed by atoms with van der Waals surface area (Å²) < 4.78 is 0. The standard InChI is InChI=1S/3C8H16O2.C5H12O4/c3*1-2-3-4-5-6-7-8(9)10;6-1-5(2-7,3-8)4-9/h3*2-7H2,1H3,(H,9,10);6-9H,1-4H2. The first-order chi connectivity index (χ1) is 18.6. The summed E-state index contributed by atoms with van der Waals surface area (Å²) in [7, 11) is 0. The second-order valence-electron chi connectivity index (χ2n) is 9.81. The Bertz CT molecular complexity index is 448. The lowest BCUT2D eigenvalue weighted by molar-refractivity contribution is -0.138. The zero-order chi connectivity index (χ0) is 30.8. The fourth-order valence-corrected chi connectivity index (χ4v) is 2.94. The van der Waals surface area contributed by atoms with Crippen molar-refractivity contribution in [3.63, 3.8) is 0 Å². The first-order valence-electron chi connectivity index (χ1n) is 14.6. The van der Waals surface area contributed by atoms with Crippen LogP contribution in [0, 0.1) is 5.41 Å². The van der Waals surface area contributed by atoms with E-state index in [2.05, 4.69) is 20.8 Å². The Morgan fingerprint density at radius 2 is 0.615 bits per heavy atom. The van der Waals surface area contributed by atoms with E-state index in [4.69, 9.17) is 35.7 Å². The van der Waals surface area contributed by atoms with E-state index in [9.17, 15) is 14.4 Å². The second kappa shape index (κ2) is 36.2. The quantitative estimate of drug-likeness (QED) is 0.0849. The molecule has 0 aliphatic heterocycles. The Labute approximate surface area is 236 Å². The van der Waals surface area contributed by atoms with E-state index in [0.29, 0.717) is 19.3 Å². The number of rotatable bonds is 22. The molecule has 0 saturated carbocycles. The minimum absolute atomic E-state index is 0.337. The highest BCUT2D eigenvalue weighted by molar-refractivity contribution is 5.67. The molecule has 39 heavy (non-hydrogen) atoms. The third kappa shape index (κ3) is 43.5. The third-order valence-corrected chi connectivity index (χ3v) is 5.82. The predicted octanol–water partition coefficient (Wildman–Crippen LogP) is 5.24. The zero-order valence-corrected chi connectivity index (χ0v) is 24.9. The van der Waals surface area contributed by atoms with Gasteiger partial charge < -0.3 is 35.7 Å². The Kier molecular flexibility index (Phi) is 41.2. The lowest BCUT2D eigenvalue weighted by atomic mass is 9.93. The average Bonchev–Trinajstić information content (AvgIpc) is 2.91. The van der Waals surface area contributed by atoms with Gasteiger partial charge in [0.15, 0.2) is 0 Å². The summed E-state index contributed by atoms with van der Waals surface area (Å²) in [6.45, 7) is 4.82. The number of aliphatic hydroxyl groups is 4. The van der Waals surface area contributed by atoms with Gasteiger partial charge in [0.05, 0.1) is 31.8 Å². The molecule has 10 heteroatoms. The second-order valence-corrected chi connectivity index (χ2v) is 9.81. The Balaban J connectivity index is -0.000000210. The SMILES string of the molecule is CCCCCCCC(=O)O.CCCCCCCC(=O)O.CCCCCCCC(=O)O.OCC(CO)(CO)CO. The van der Waals surface area contributed by atoms with Crippen LogP contribution in [0.2, 0.25) is 0 Å². The highest BCUT2D eigenvalue weighted by Crippen LogP contribution is 2.12. The Morgan fingerprint density at radius 3 is 0.744 bits per heavy atom. The molecule has 0 saturated heterocycles. The molecule has 236 valence electrons.